The first-order valence-corrected chi connectivity index (χ1v) is 6.53. The summed E-state index contributed by atoms with van der Waals surface area (Å²) in [5.74, 6) is -0.385. The van der Waals surface area contributed by atoms with Gasteiger partial charge >= 0.3 is 5.69 Å². The molecule has 1 N–H and O–H groups in total. The molecule has 1 aromatic carbocycles. The van der Waals surface area contributed by atoms with E-state index in [2.05, 4.69) is 31.2 Å². The number of benzene rings is 1. The molecule has 0 bridgehead atoms. The summed E-state index contributed by atoms with van der Waals surface area (Å²) in [6.45, 7) is 2.39. The predicted octanol–water partition coefficient (Wildman–Crippen LogP) is 3.39. The molecule has 1 heterocycles. The fraction of sp³-hybridized carbons (Fsp3) is 0.167. The van der Waals surface area contributed by atoms with Crippen LogP contribution in [0.3, 0.4) is 0 Å². The molecule has 0 spiro atoms. The summed E-state index contributed by atoms with van der Waals surface area (Å²) in [7, 11) is 0. The van der Waals surface area contributed by atoms with Gasteiger partial charge in [0, 0.05) is 12.1 Å². The molecule has 0 radical (unpaired) electrons. The van der Waals surface area contributed by atoms with Crippen molar-refractivity contribution in [3.8, 4) is 11.3 Å². The van der Waals surface area contributed by atoms with E-state index in [0.29, 0.717) is 6.54 Å². The molecule has 0 amide bonds. The highest BCUT2D eigenvalue weighted by Gasteiger charge is 2.22. The smallest absolute Gasteiger partial charge is 0.313 e. The Labute approximate surface area is 122 Å². The summed E-state index contributed by atoms with van der Waals surface area (Å²) >= 11 is 3.05. The average molecular weight is 341 g/mol. The van der Waals surface area contributed by atoms with Crippen LogP contribution in [-0.2, 0) is 0 Å². The van der Waals surface area contributed by atoms with Crippen LogP contribution >= 0.6 is 15.9 Å². The van der Waals surface area contributed by atoms with E-state index in [-0.39, 0.29) is 27.4 Å². The minimum Gasteiger partial charge on any atom is -0.354 e. The molecule has 0 atom stereocenters. The van der Waals surface area contributed by atoms with Gasteiger partial charge < -0.3 is 5.32 Å². The Morgan fingerprint density at radius 1 is 1.50 bits per heavy atom. The Morgan fingerprint density at radius 2 is 2.25 bits per heavy atom. The molecule has 0 aliphatic heterocycles. The molecule has 0 saturated heterocycles. The molecule has 0 saturated carbocycles. The molecule has 2 aromatic rings. The van der Waals surface area contributed by atoms with E-state index < -0.39 is 10.7 Å². The predicted molar refractivity (Wildman–Crippen MR) is 75.9 cm³/mol. The Kier molecular flexibility index (Phi) is 4.23. The van der Waals surface area contributed by atoms with E-state index >= 15 is 0 Å². The molecule has 8 heteroatoms. The number of anilines is 1. The van der Waals surface area contributed by atoms with Crippen molar-refractivity contribution in [3.05, 3.63) is 44.8 Å². The topological polar surface area (TPSA) is 81.0 Å². The summed E-state index contributed by atoms with van der Waals surface area (Å²) in [5.41, 5.74) is -0.351. The van der Waals surface area contributed by atoms with Gasteiger partial charge in [0.2, 0.25) is 5.95 Å². The number of hydrogen-bond acceptors (Lipinski definition) is 5. The maximum atomic E-state index is 14.1. The van der Waals surface area contributed by atoms with E-state index in [9.17, 15) is 14.5 Å². The molecule has 0 fully saturated rings. The molecular formula is C12H10BrFN4O2. The lowest BCUT2D eigenvalue weighted by Gasteiger charge is -2.07. The molecule has 1 aromatic heterocycles. The van der Waals surface area contributed by atoms with Gasteiger partial charge in [-0.1, -0.05) is 6.07 Å². The van der Waals surface area contributed by atoms with E-state index in [0.717, 1.165) is 6.20 Å². The van der Waals surface area contributed by atoms with Crippen molar-refractivity contribution in [2.24, 2.45) is 0 Å². The number of hydrogen-bond donors (Lipinski definition) is 1. The molecule has 6 nitrogen and oxygen atoms in total. The lowest BCUT2D eigenvalue weighted by Crippen LogP contribution is -2.05. The number of nitrogens with one attached hydrogen (secondary N) is 1. The zero-order chi connectivity index (χ0) is 14.7. The number of halogens is 2. The maximum Gasteiger partial charge on any atom is 0.313 e. The summed E-state index contributed by atoms with van der Waals surface area (Å²) in [5, 5.41) is 13.9. The molecular weight excluding hydrogens is 331 g/mol. The zero-order valence-corrected chi connectivity index (χ0v) is 12.0. The average Bonchev–Trinajstić information content (AvgIpc) is 2.42. The van der Waals surface area contributed by atoms with Gasteiger partial charge in [-0.3, -0.25) is 10.1 Å². The zero-order valence-electron chi connectivity index (χ0n) is 10.4. The molecule has 0 aliphatic carbocycles. The lowest BCUT2D eigenvalue weighted by atomic mass is 10.1. The van der Waals surface area contributed by atoms with E-state index in [1.165, 1.54) is 12.1 Å². The molecule has 0 aliphatic rings. The Morgan fingerprint density at radius 3 is 2.90 bits per heavy atom. The van der Waals surface area contributed by atoms with Crippen molar-refractivity contribution >= 4 is 27.6 Å². The monoisotopic (exact) mass is 340 g/mol. The van der Waals surface area contributed by atoms with Crippen LogP contribution in [0, 0.1) is 15.9 Å². The molecule has 20 heavy (non-hydrogen) atoms. The van der Waals surface area contributed by atoms with Crippen LogP contribution in [-0.4, -0.2) is 21.4 Å². The van der Waals surface area contributed by atoms with Crippen molar-refractivity contribution in [2.45, 2.75) is 6.92 Å². The van der Waals surface area contributed by atoms with Gasteiger partial charge in [0.25, 0.3) is 0 Å². The van der Waals surface area contributed by atoms with Crippen molar-refractivity contribution in [2.75, 3.05) is 11.9 Å². The molecule has 0 unspecified atom stereocenters. The second kappa shape index (κ2) is 5.91. The number of nitrogens with zero attached hydrogens (tertiary/aromatic N) is 3. The van der Waals surface area contributed by atoms with Crippen molar-refractivity contribution < 1.29 is 9.31 Å². The largest absolute Gasteiger partial charge is 0.354 e. The number of rotatable bonds is 4. The third-order valence-corrected chi connectivity index (χ3v) is 3.12. The van der Waals surface area contributed by atoms with Gasteiger partial charge in [0.05, 0.1) is 9.40 Å². The van der Waals surface area contributed by atoms with Crippen LogP contribution in [0.25, 0.3) is 11.3 Å². The van der Waals surface area contributed by atoms with Crippen LogP contribution in [0.15, 0.2) is 28.9 Å². The lowest BCUT2D eigenvalue weighted by molar-refractivity contribution is -0.384. The van der Waals surface area contributed by atoms with E-state index in [1.54, 1.807) is 6.07 Å². The normalized spacial score (nSPS) is 10.3. The summed E-state index contributed by atoms with van der Waals surface area (Å²) in [6.07, 6.45) is 1.07. The van der Waals surface area contributed by atoms with Crippen LogP contribution < -0.4 is 5.32 Å². The van der Waals surface area contributed by atoms with Gasteiger partial charge in [-0.2, -0.15) is 0 Å². The second-order valence-electron chi connectivity index (χ2n) is 3.82. The minimum atomic E-state index is -0.634. The quantitative estimate of drug-likeness (QED) is 0.681. The third-order valence-electron chi connectivity index (χ3n) is 2.51. The van der Waals surface area contributed by atoms with Crippen LogP contribution in [0.4, 0.5) is 16.0 Å². The van der Waals surface area contributed by atoms with Gasteiger partial charge in [-0.15, -0.1) is 0 Å². The Balaban J connectivity index is 2.66. The third kappa shape index (κ3) is 2.74. The van der Waals surface area contributed by atoms with Gasteiger partial charge in [-0.05, 0) is 35.0 Å². The fourth-order valence-electron chi connectivity index (χ4n) is 1.64. The highest BCUT2D eigenvalue weighted by molar-refractivity contribution is 9.10. The molecule has 2 rings (SSSR count). The van der Waals surface area contributed by atoms with Gasteiger partial charge in [-0.25, -0.2) is 14.4 Å². The highest BCUT2D eigenvalue weighted by atomic mass is 79.9. The first-order chi connectivity index (χ1) is 9.54. The fourth-order valence-corrected chi connectivity index (χ4v) is 2.00. The van der Waals surface area contributed by atoms with Crippen molar-refractivity contribution in [3.63, 3.8) is 0 Å². The van der Waals surface area contributed by atoms with Crippen molar-refractivity contribution in [1.82, 2.24) is 9.97 Å². The standard InChI is InChI=1S/C12H10BrFN4O2/c1-2-15-12-16-6-9(18(19)20)11(17-12)7-4-3-5-8(13)10(7)14/h3-6H,2H2,1H3,(H,15,16,17). The first-order valence-electron chi connectivity index (χ1n) is 5.74. The maximum absolute atomic E-state index is 14.1. The number of aromatic nitrogens is 2. The Hall–Kier alpha value is -2.09. The van der Waals surface area contributed by atoms with Gasteiger partial charge in [0.15, 0.2) is 5.69 Å². The van der Waals surface area contributed by atoms with Crippen molar-refractivity contribution in [1.29, 1.82) is 0 Å². The summed E-state index contributed by atoms with van der Waals surface area (Å²) < 4.78 is 14.3. The van der Waals surface area contributed by atoms with Crippen LogP contribution in [0.1, 0.15) is 6.92 Å². The molecule has 104 valence electrons. The van der Waals surface area contributed by atoms with E-state index in [1.807, 2.05) is 6.92 Å². The van der Waals surface area contributed by atoms with Gasteiger partial charge in [0.1, 0.15) is 12.0 Å². The summed E-state index contributed by atoms with van der Waals surface area (Å²) in [6, 6.07) is 4.53. The van der Waals surface area contributed by atoms with Crippen LogP contribution in [0.5, 0.6) is 0 Å². The second-order valence-corrected chi connectivity index (χ2v) is 4.67. The highest BCUT2D eigenvalue weighted by Crippen LogP contribution is 2.32. The van der Waals surface area contributed by atoms with E-state index in [4.69, 9.17) is 0 Å². The Bertz CT molecular complexity index is 666. The SMILES string of the molecule is CCNc1ncc([N+](=O)[O-])c(-c2cccc(Br)c2F)n1. The van der Waals surface area contributed by atoms with Crippen LogP contribution in [0.2, 0.25) is 0 Å². The summed E-state index contributed by atoms with van der Waals surface area (Å²) in [4.78, 5) is 18.3. The first kappa shape index (κ1) is 14.3. The number of nitro groups is 1. The minimum absolute atomic E-state index is 0.0487.